The summed E-state index contributed by atoms with van der Waals surface area (Å²) in [6.07, 6.45) is 3.66. The van der Waals surface area contributed by atoms with Crippen molar-refractivity contribution in [3.63, 3.8) is 0 Å². The lowest BCUT2D eigenvalue weighted by Crippen LogP contribution is -1.79. The lowest BCUT2D eigenvalue weighted by Gasteiger charge is -1.93. The second-order valence-corrected chi connectivity index (χ2v) is 4.41. The first-order chi connectivity index (χ1) is 9.22. The quantitative estimate of drug-likeness (QED) is 0.719. The molecule has 5 heteroatoms. The van der Waals surface area contributed by atoms with Gasteiger partial charge in [0.2, 0.25) is 0 Å². The Balaban J connectivity index is 1.96. The van der Waals surface area contributed by atoms with Gasteiger partial charge in [-0.05, 0) is 35.9 Å². The molecule has 0 radical (unpaired) electrons. The molecular weight excluding hydrogens is 265 g/mol. The summed E-state index contributed by atoms with van der Waals surface area (Å²) in [7, 11) is 0. The van der Waals surface area contributed by atoms with Crippen LogP contribution in [0.1, 0.15) is 11.3 Å². The minimum absolute atomic E-state index is 0.254. The van der Waals surface area contributed by atoms with Crippen LogP contribution in [0.4, 0.5) is 4.39 Å². The number of rotatable bonds is 2. The first kappa shape index (κ1) is 11.9. The van der Waals surface area contributed by atoms with Gasteiger partial charge in [0.05, 0.1) is 5.52 Å². The number of aromatic nitrogens is 3. The number of pyridine rings is 1. The van der Waals surface area contributed by atoms with Crippen molar-refractivity contribution in [2.24, 2.45) is 0 Å². The third-order valence-electron chi connectivity index (χ3n) is 2.70. The minimum Gasteiger partial charge on any atom is -0.276 e. The zero-order valence-corrected chi connectivity index (χ0v) is 10.5. The van der Waals surface area contributed by atoms with E-state index in [0.717, 1.165) is 11.1 Å². The van der Waals surface area contributed by atoms with Crippen LogP contribution in [0.5, 0.6) is 0 Å². The van der Waals surface area contributed by atoms with E-state index in [-0.39, 0.29) is 5.82 Å². The number of benzene rings is 1. The molecule has 2 aromatic heterocycles. The van der Waals surface area contributed by atoms with Gasteiger partial charge in [-0.2, -0.15) is 5.10 Å². The van der Waals surface area contributed by atoms with Crippen molar-refractivity contribution in [1.29, 1.82) is 0 Å². The molecule has 0 aliphatic heterocycles. The Morgan fingerprint density at radius 3 is 2.63 bits per heavy atom. The zero-order valence-electron chi connectivity index (χ0n) is 9.77. The maximum Gasteiger partial charge on any atom is 0.130 e. The Bertz CT molecular complexity index is 747. The summed E-state index contributed by atoms with van der Waals surface area (Å²) in [5, 5.41) is 7.46. The molecule has 3 nitrogen and oxygen atoms in total. The molecule has 1 N–H and O–H groups in total. The van der Waals surface area contributed by atoms with Gasteiger partial charge < -0.3 is 0 Å². The molecule has 0 spiro atoms. The number of hydrogen-bond donors (Lipinski definition) is 1. The summed E-state index contributed by atoms with van der Waals surface area (Å²) >= 11 is 5.86. The summed E-state index contributed by atoms with van der Waals surface area (Å²) in [6, 6.07) is 9.75. The second kappa shape index (κ2) is 4.82. The second-order valence-electron chi connectivity index (χ2n) is 4.02. The molecular formula is C14H9ClFN3. The molecule has 0 aliphatic carbocycles. The molecule has 0 aliphatic rings. The fraction of sp³-hybridized carbons (Fsp3) is 0. The number of fused-ring (bicyclic) bond motifs is 1. The largest absolute Gasteiger partial charge is 0.276 e. The number of halogens is 2. The van der Waals surface area contributed by atoms with Crippen molar-refractivity contribution in [3.8, 4) is 0 Å². The van der Waals surface area contributed by atoms with Gasteiger partial charge in [-0.25, -0.2) is 9.37 Å². The molecule has 94 valence electrons. The van der Waals surface area contributed by atoms with E-state index in [2.05, 4.69) is 15.2 Å². The average molecular weight is 274 g/mol. The van der Waals surface area contributed by atoms with Gasteiger partial charge in [0.1, 0.15) is 22.2 Å². The van der Waals surface area contributed by atoms with E-state index in [0.29, 0.717) is 16.4 Å². The molecule has 0 atom stereocenters. The topological polar surface area (TPSA) is 41.6 Å². The highest BCUT2D eigenvalue weighted by molar-refractivity contribution is 6.29. The lowest BCUT2D eigenvalue weighted by atomic mass is 10.2. The van der Waals surface area contributed by atoms with Crippen molar-refractivity contribution < 1.29 is 4.39 Å². The van der Waals surface area contributed by atoms with E-state index in [1.54, 1.807) is 18.2 Å². The van der Waals surface area contributed by atoms with Crippen LogP contribution >= 0.6 is 11.6 Å². The summed E-state index contributed by atoms with van der Waals surface area (Å²) in [5.41, 5.74) is 3.12. The van der Waals surface area contributed by atoms with Crippen LogP contribution in [-0.4, -0.2) is 15.2 Å². The standard InChI is InChI=1S/C14H9ClFN3/c15-13-8-7-12-14(17-13)11(18-19-12)6-3-9-1-4-10(16)5-2-9/h1-8H,(H,18,19). The molecule has 0 bridgehead atoms. The highest BCUT2D eigenvalue weighted by atomic mass is 35.5. The van der Waals surface area contributed by atoms with Gasteiger partial charge in [0.15, 0.2) is 0 Å². The Hall–Kier alpha value is -2.20. The van der Waals surface area contributed by atoms with Crippen LogP contribution in [0.25, 0.3) is 23.2 Å². The smallest absolute Gasteiger partial charge is 0.130 e. The monoisotopic (exact) mass is 273 g/mol. The van der Waals surface area contributed by atoms with Crippen molar-refractivity contribution >= 4 is 34.8 Å². The van der Waals surface area contributed by atoms with Crippen LogP contribution in [0, 0.1) is 5.82 Å². The SMILES string of the molecule is Fc1ccc(C=Cc2n[nH]c3ccc(Cl)nc23)cc1. The van der Waals surface area contributed by atoms with Crippen molar-refractivity contribution in [3.05, 3.63) is 58.6 Å². The van der Waals surface area contributed by atoms with Crippen LogP contribution in [-0.2, 0) is 0 Å². The van der Waals surface area contributed by atoms with Gasteiger partial charge >= 0.3 is 0 Å². The molecule has 0 fully saturated rings. The summed E-state index contributed by atoms with van der Waals surface area (Å²) in [6.45, 7) is 0. The predicted octanol–water partition coefficient (Wildman–Crippen LogP) is 3.92. The summed E-state index contributed by atoms with van der Waals surface area (Å²) in [4.78, 5) is 4.22. The molecule has 0 saturated carbocycles. The fourth-order valence-corrected chi connectivity index (χ4v) is 1.91. The molecule has 0 amide bonds. The first-order valence-corrected chi connectivity index (χ1v) is 6.04. The highest BCUT2D eigenvalue weighted by Gasteiger charge is 2.04. The summed E-state index contributed by atoms with van der Waals surface area (Å²) < 4.78 is 12.8. The van der Waals surface area contributed by atoms with E-state index >= 15 is 0 Å². The Morgan fingerprint density at radius 1 is 1.05 bits per heavy atom. The van der Waals surface area contributed by atoms with Gasteiger partial charge in [-0.1, -0.05) is 29.8 Å². The molecule has 19 heavy (non-hydrogen) atoms. The minimum atomic E-state index is -0.254. The lowest BCUT2D eigenvalue weighted by molar-refractivity contribution is 0.628. The number of aromatic amines is 1. The predicted molar refractivity (Wildman–Crippen MR) is 74.2 cm³/mol. The third kappa shape index (κ3) is 2.48. The van der Waals surface area contributed by atoms with Gasteiger partial charge in [0, 0.05) is 0 Å². The van der Waals surface area contributed by atoms with E-state index < -0.39 is 0 Å². The molecule has 2 heterocycles. The van der Waals surface area contributed by atoms with E-state index in [9.17, 15) is 4.39 Å². The molecule has 0 saturated heterocycles. The number of nitrogens with zero attached hydrogens (tertiary/aromatic N) is 2. The van der Waals surface area contributed by atoms with Crippen LogP contribution in [0.3, 0.4) is 0 Å². The highest BCUT2D eigenvalue weighted by Crippen LogP contribution is 2.18. The normalized spacial score (nSPS) is 11.5. The molecule has 1 aromatic carbocycles. The maximum atomic E-state index is 12.8. The Morgan fingerprint density at radius 2 is 1.84 bits per heavy atom. The van der Waals surface area contributed by atoms with Crippen LogP contribution in [0.2, 0.25) is 5.15 Å². The molecule has 3 rings (SSSR count). The van der Waals surface area contributed by atoms with Gasteiger partial charge in [0.25, 0.3) is 0 Å². The Labute approximate surface area is 113 Å². The van der Waals surface area contributed by atoms with Crippen LogP contribution in [0.15, 0.2) is 36.4 Å². The van der Waals surface area contributed by atoms with Crippen molar-refractivity contribution in [2.45, 2.75) is 0 Å². The zero-order chi connectivity index (χ0) is 13.2. The first-order valence-electron chi connectivity index (χ1n) is 5.67. The maximum absolute atomic E-state index is 12.8. The molecule has 3 aromatic rings. The number of H-pyrrole nitrogens is 1. The fourth-order valence-electron chi connectivity index (χ4n) is 1.76. The average Bonchev–Trinajstić information content (AvgIpc) is 2.80. The van der Waals surface area contributed by atoms with E-state index in [1.807, 2.05) is 18.2 Å². The van der Waals surface area contributed by atoms with Crippen LogP contribution < -0.4 is 0 Å². The van der Waals surface area contributed by atoms with E-state index in [4.69, 9.17) is 11.6 Å². The van der Waals surface area contributed by atoms with Gasteiger partial charge in [-0.3, -0.25) is 5.10 Å². The van der Waals surface area contributed by atoms with Crippen molar-refractivity contribution in [1.82, 2.24) is 15.2 Å². The Kier molecular flexibility index (Phi) is 3.01. The number of hydrogen-bond acceptors (Lipinski definition) is 2. The molecule has 0 unspecified atom stereocenters. The summed E-state index contributed by atoms with van der Waals surface area (Å²) in [5.74, 6) is -0.254. The number of nitrogens with one attached hydrogen (secondary N) is 1. The van der Waals surface area contributed by atoms with Gasteiger partial charge in [-0.15, -0.1) is 0 Å². The van der Waals surface area contributed by atoms with Crippen molar-refractivity contribution in [2.75, 3.05) is 0 Å². The van der Waals surface area contributed by atoms with E-state index in [1.165, 1.54) is 12.1 Å². The third-order valence-corrected chi connectivity index (χ3v) is 2.91.